The Bertz CT molecular complexity index is 621. The van der Waals surface area contributed by atoms with Crippen molar-refractivity contribution in [3.05, 3.63) is 52.2 Å². The Morgan fingerprint density at radius 2 is 1.89 bits per heavy atom. The van der Waals surface area contributed by atoms with Crippen molar-refractivity contribution in [2.75, 3.05) is 6.54 Å². The standard InChI is InChI=1S/C13H16N2O2S2/c14-10-12-13(7-9-18-12)19(16,17)15-8-6-11-4-2-1-3-5-11/h1-5,7,9,15H,6,8,10,14H2. The monoisotopic (exact) mass is 296 g/mol. The van der Waals surface area contributed by atoms with Gasteiger partial charge in [0.1, 0.15) is 0 Å². The summed E-state index contributed by atoms with van der Waals surface area (Å²) >= 11 is 1.36. The van der Waals surface area contributed by atoms with E-state index in [0.29, 0.717) is 22.7 Å². The third-order valence-electron chi connectivity index (χ3n) is 2.73. The number of sulfonamides is 1. The zero-order valence-electron chi connectivity index (χ0n) is 10.4. The van der Waals surface area contributed by atoms with Gasteiger partial charge in [0.2, 0.25) is 10.0 Å². The molecule has 0 spiro atoms. The molecule has 0 radical (unpaired) electrons. The molecule has 0 aliphatic heterocycles. The summed E-state index contributed by atoms with van der Waals surface area (Å²) in [6, 6.07) is 11.4. The van der Waals surface area contributed by atoms with Gasteiger partial charge >= 0.3 is 0 Å². The molecule has 4 nitrogen and oxygen atoms in total. The van der Waals surface area contributed by atoms with Crippen LogP contribution in [0.3, 0.4) is 0 Å². The Hall–Kier alpha value is -1.21. The molecule has 3 N–H and O–H groups in total. The lowest BCUT2D eigenvalue weighted by atomic mass is 10.2. The number of nitrogens with two attached hydrogens (primary N) is 1. The minimum atomic E-state index is -3.45. The van der Waals surface area contributed by atoms with Crippen LogP contribution < -0.4 is 10.5 Å². The fraction of sp³-hybridized carbons (Fsp3) is 0.231. The summed E-state index contributed by atoms with van der Waals surface area (Å²) in [6.45, 7) is 0.624. The molecule has 1 aromatic heterocycles. The molecular weight excluding hydrogens is 280 g/mol. The van der Waals surface area contributed by atoms with Crippen LogP contribution >= 0.6 is 11.3 Å². The predicted molar refractivity (Wildman–Crippen MR) is 77.5 cm³/mol. The third-order valence-corrected chi connectivity index (χ3v) is 5.35. The largest absolute Gasteiger partial charge is 0.326 e. The van der Waals surface area contributed by atoms with Crippen molar-refractivity contribution in [2.45, 2.75) is 17.9 Å². The van der Waals surface area contributed by atoms with Crippen LogP contribution in [0.25, 0.3) is 0 Å². The van der Waals surface area contributed by atoms with Gasteiger partial charge in [0.25, 0.3) is 0 Å². The lowest BCUT2D eigenvalue weighted by molar-refractivity contribution is 0.581. The first-order valence-electron chi connectivity index (χ1n) is 5.93. The lowest BCUT2D eigenvalue weighted by Crippen LogP contribution is -2.26. The molecule has 2 rings (SSSR count). The topological polar surface area (TPSA) is 72.2 Å². The first kappa shape index (κ1) is 14.2. The highest BCUT2D eigenvalue weighted by atomic mass is 32.2. The van der Waals surface area contributed by atoms with Crippen LogP contribution in [0.15, 0.2) is 46.7 Å². The second kappa shape index (κ2) is 6.29. The molecule has 0 aliphatic rings. The van der Waals surface area contributed by atoms with Crippen LogP contribution in [0.4, 0.5) is 0 Å². The molecule has 0 unspecified atom stereocenters. The van der Waals surface area contributed by atoms with E-state index in [1.807, 2.05) is 30.3 Å². The fourth-order valence-corrected chi connectivity index (χ4v) is 4.13. The number of nitrogens with one attached hydrogen (secondary N) is 1. The Labute approximate surface area is 117 Å². The molecule has 2 aromatic rings. The Kier molecular flexibility index (Phi) is 4.71. The second-order valence-corrected chi connectivity index (χ2v) is 6.78. The van der Waals surface area contributed by atoms with Gasteiger partial charge in [0.05, 0.1) is 4.90 Å². The van der Waals surface area contributed by atoms with Gasteiger partial charge in [0, 0.05) is 18.0 Å². The van der Waals surface area contributed by atoms with E-state index in [9.17, 15) is 8.42 Å². The van der Waals surface area contributed by atoms with E-state index in [2.05, 4.69) is 4.72 Å². The molecular formula is C13H16N2O2S2. The molecule has 0 atom stereocenters. The summed E-state index contributed by atoms with van der Waals surface area (Å²) in [7, 11) is -3.45. The summed E-state index contributed by atoms with van der Waals surface area (Å²) in [5.74, 6) is 0. The summed E-state index contributed by atoms with van der Waals surface area (Å²) < 4.78 is 26.8. The van der Waals surface area contributed by atoms with Gasteiger partial charge < -0.3 is 5.73 Å². The highest BCUT2D eigenvalue weighted by Gasteiger charge is 2.18. The van der Waals surface area contributed by atoms with Crippen molar-refractivity contribution in [1.29, 1.82) is 0 Å². The van der Waals surface area contributed by atoms with Crippen LogP contribution in [0.5, 0.6) is 0 Å². The average Bonchev–Trinajstić information content (AvgIpc) is 2.89. The maximum absolute atomic E-state index is 12.1. The molecule has 0 saturated carbocycles. The highest BCUT2D eigenvalue weighted by Crippen LogP contribution is 2.20. The van der Waals surface area contributed by atoms with E-state index in [4.69, 9.17) is 5.73 Å². The summed E-state index contributed by atoms with van der Waals surface area (Å²) in [6.07, 6.45) is 0.669. The number of thiophene rings is 1. The molecule has 6 heteroatoms. The number of hydrogen-bond acceptors (Lipinski definition) is 4. The van der Waals surface area contributed by atoms with Crippen LogP contribution in [-0.2, 0) is 23.0 Å². The second-order valence-electron chi connectivity index (χ2n) is 4.05. The van der Waals surface area contributed by atoms with Gasteiger partial charge in [-0.1, -0.05) is 30.3 Å². The van der Waals surface area contributed by atoms with E-state index >= 15 is 0 Å². The van der Waals surface area contributed by atoms with Crippen LogP contribution in [-0.4, -0.2) is 15.0 Å². The van der Waals surface area contributed by atoms with Crippen molar-refractivity contribution in [3.63, 3.8) is 0 Å². The molecule has 1 aromatic carbocycles. The zero-order valence-corrected chi connectivity index (χ0v) is 12.0. The minimum absolute atomic E-state index is 0.243. The minimum Gasteiger partial charge on any atom is -0.326 e. The van der Waals surface area contributed by atoms with Crippen molar-refractivity contribution < 1.29 is 8.42 Å². The first-order chi connectivity index (χ1) is 9.13. The molecule has 0 amide bonds. The molecule has 1 heterocycles. The van der Waals surface area contributed by atoms with Crippen molar-refractivity contribution >= 4 is 21.4 Å². The molecule has 0 fully saturated rings. The Morgan fingerprint density at radius 1 is 1.16 bits per heavy atom. The van der Waals surface area contributed by atoms with Crippen molar-refractivity contribution in [2.24, 2.45) is 5.73 Å². The number of rotatable bonds is 6. The van der Waals surface area contributed by atoms with Gasteiger partial charge in [-0.05, 0) is 23.4 Å². The zero-order chi connectivity index (χ0) is 13.7. The van der Waals surface area contributed by atoms with Crippen LogP contribution in [0.2, 0.25) is 0 Å². The maximum atomic E-state index is 12.1. The van der Waals surface area contributed by atoms with E-state index in [1.54, 1.807) is 11.4 Å². The van der Waals surface area contributed by atoms with Crippen molar-refractivity contribution in [3.8, 4) is 0 Å². The fourth-order valence-electron chi connectivity index (χ4n) is 1.77. The predicted octanol–water partition coefficient (Wildman–Crippen LogP) is 1.73. The number of benzene rings is 1. The molecule has 0 bridgehead atoms. The van der Waals surface area contributed by atoms with Crippen molar-refractivity contribution in [1.82, 2.24) is 4.72 Å². The Balaban J connectivity index is 1.99. The quantitative estimate of drug-likeness (QED) is 0.852. The summed E-state index contributed by atoms with van der Waals surface area (Å²) in [5.41, 5.74) is 6.64. The Morgan fingerprint density at radius 3 is 2.58 bits per heavy atom. The molecule has 0 saturated heterocycles. The van der Waals surface area contributed by atoms with Gasteiger partial charge in [-0.25, -0.2) is 13.1 Å². The van der Waals surface area contributed by atoms with Gasteiger partial charge in [0.15, 0.2) is 0 Å². The van der Waals surface area contributed by atoms with E-state index in [0.717, 1.165) is 5.56 Å². The van der Waals surface area contributed by atoms with Crippen LogP contribution in [0, 0.1) is 0 Å². The van der Waals surface area contributed by atoms with Gasteiger partial charge in [-0.3, -0.25) is 0 Å². The third kappa shape index (κ3) is 3.63. The smallest absolute Gasteiger partial charge is 0.241 e. The van der Waals surface area contributed by atoms with Gasteiger partial charge in [-0.2, -0.15) is 0 Å². The summed E-state index contributed by atoms with van der Waals surface area (Å²) in [5, 5.41) is 1.74. The van der Waals surface area contributed by atoms with Crippen LogP contribution in [0.1, 0.15) is 10.4 Å². The molecule has 19 heavy (non-hydrogen) atoms. The van der Waals surface area contributed by atoms with Gasteiger partial charge in [-0.15, -0.1) is 11.3 Å². The molecule has 102 valence electrons. The normalized spacial score (nSPS) is 11.6. The summed E-state index contributed by atoms with van der Waals surface area (Å²) in [4.78, 5) is 0.986. The highest BCUT2D eigenvalue weighted by molar-refractivity contribution is 7.89. The lowest BCUT2D eigenvalue weighted by Gasteiger charge is -2.07. The number of hydrogen-bond donors (Lipinski definition) is 2. The van der Waals surface area contributed by atoms with E-state index in [1.165, 1.54) is 11.3 Å². The van der Waals surface area contributed by atoms with E-state index < -0.39 is 10.0 Å². The maximum Gasteiger partial charge on any atom is 0.241 e. The average molecular weight is 296 g/mol. The van der Waals surface area contributed by atoms with E-state index in [-0.39, 0.29) is 6.54 Å². The first-order valence-corrected chi connectivity index (χ1v) is 8.30. The SMILES string of the molecule is NCc1sccc1S(=O)(=O)NCCc1ccccc1. The molecule has 0 aliphatic carbocycles.